The van der Waals surface area contributed by atoms with Gasteiger partial charge < -0.3 is 9.47 Å². The summed E-state index contributed by atoms with van der Waals surface area (Å²) in [4.78, 5) is 11.6. The van der Waals surface area contributed by atoms with Crippen LogP contribution in [-0.4, -0.2) is 19.2 Å². The average molecular weight is 327 g/mol. The van der Waals surface area contributed by atoms with Crippen molar-refractivity contribution in [2.45, 2.75) is 20.3 Å². The zero-order chi connectivity index (χ0) is 14.3. The first-order valence-electron chi connectivity index (χ1n) is 6.25. The molecule has 0 aromatic heterocycles. The van der Waals surface area contributed by atoms with Crippen LogP contribution in [0.15, 0.2) is 35.3 Å². The molecule has 0 fully saturated rings. The molecular formula is C15H19BrO3. The molecule has 0 bridgehead atoms. The highest BCUT2D eigenvalue weighted by molar-refractivity contribution is 9.10. The second-order valence-corrected chi connectivity index (χ2v) is 5.42. The van der Waals surface area contributed by atoms with Crippen LogP contribution in [0.4, 0.5) is 0 Å². The predicted molar refractivity (Wildman–Crippen MR) is 79.6 cm³/mol. The number of halogens is 1. The van der Waals surface area contributed by atoms with E-state index >= 15 is 0 Å². The molecule has 0 spiro atoms. The van der Waals surface area contributed by atoms with Gasteiger partial charge in [-0.2, -0.15) is 0 Å². The molecule has 0 heterocycles. The maximum atomic E-state index is 11.6. The van der Waals surface area contributed by atoms with Gasteiger partial charge in [0.1, 0.15) is 12.4 Å². The molecule has 0 saturated carbocycles. The second-order valence-electron chi connectivity index (χ2n) is 4.56. The fourth-order valence-electron chi connectivity index (χ4n) is 1.37. The van der Waals surface area contributed by atoms with Gasteiger partial charge in [0.2, 0.25) is 0 Å². The first-order valence-corrected chi connectivity index (χ1v) is 7.04. The van der Waals surface area contributed by atoms with Crippen LogP contribution < -0.4 is 4.74 Å². The number of rotatable bonds is 7. The van der Waals surface area contributed by atoms with Crippen molar-refractivity contribution in [3.8, 4) is 5.75 Å². The van der Waals surface area contributed by atoms with E-state index in [0.29, 0.717) is 18.1 Å². The third kappa shape index (κ3) is 5.47. The summed E-state index contributed by atoms with van der Waals surface area (Å²) in [6.45, 7) is 8.67. The van der Waals surface area contributed by atoms with E-state index in [9.17, 15) is 4.79 Å². The van der Waals surface area contributed by atoms with Gasteiger partial charge in [0.15, 0.2) is 0 Å². The first kappa shape index (κ1) is 15.8. The molecule has 0 aliphatic heterocycles. The molecule has 0 aliphatic carbocycles. The Morgan fingerprint density at radius 3 is 2.79 bits per heavy atom. The molecule has 4 heteroatoms. The molecule has 0 N–H and O–H groups in total. The Morgan fingerprint density at radius 2 is 2.21 bits per heavy atom. The van der Waals surface area contributed by atoms with Crippen molar-refractivity contribution in [3.63, 3.8) is 0 Å². The predicted octanol–water partition coefficient (Wildman–Crippen LogP) is 4.22. The smallest absolute Gasteiger partial charge is 0.338 e. The van der Waals surface area contributed by atoms with Gasteiger partial charge >= 0.3 is 5.97 Å². The summed E-state index contributed by atoms with van der Waals surface area (Å²) in [6, 6.07) is 5.17. The fourth-order valence-corrected chi connectivity index (χ4v) is 1.86. The second kappa shape index (κ2) is 8.00. The van der Waals surface area contributed by atoms with E-state index in [1.807, 2.05) is 0 Å². The Hall–Kier alpha value is -1.29. The van der Waals surface area contributed by atoms with E-state index in [0.717, 1.165) is 16.6 Å². The minimum atomic E-state index is -0.366. The third-order valence-corrected chi connectivity index (χ3v) is 3.07. The number of hydrogen-bond donors (Lipinski definition) is 0. The highest BCUT2D eigenvalue weighted by atomic mass is 79.9. The lowest BCUT2D eigenvalue weighted by Crippen LogP contribution is -2.06. The van der Waals surface area contributed by atoms with Gasteiger partial charge in [0.05, 0.1) is 16.6 Å². The summed E-state index contributed by atoms with van der Waals surface area (Å²) in [6.07, 6.45) is 2.53. The Morgan fingerprint density at radius 1 is 1.47 bits per heavy atom. The first-order chi connectivity index (χ1) is 9.04. The van der Waals surface area contributed by atoms with Crippen LogP contribution in [0.1, 0.15) is 30.6 Å². The summed E-state index contributed by atoms with van der Waals surface area (Å²) in [7, 11) is 0. The highest BCUT2D eigenvalue weighted by Gasteiger charge is 2.10. The van der Waals surface area contributed by atoms with Crippen molar-refractivity contribution in [1.29, 1.82) is 0 Å². The number of esters is 1. The van der Waals surface area contributed by atoms with Crippen molar-refractivity contribution < 1.29 is 14.3 Å². The molecule has 0 saturated heterocycles. The maximum Gasteiger partial charge on any atom is 0.338 e. The molecule has 1 aromatic carbocycles. The monoisotopic (exact) mass is 326 g/mol. The molecule has 1 rings (SSSR count). The van der Waals surface area contributed by atoms with Crippen molar-refractivity contribution in [1.82, 2.24) is 0 Å². The van der Waals surface area contributed by atoms with Crippen molar-refractivity contribution in [2.75, 3.05) is 13.2 Å². The SMILES string of the molecule is C=CCOC(=O)c1ccc(OCCC(C)C)c(Br)c1. The summed E-state index contributed by atoms with van der Waals surface area (Å²) in [5, 5.41) is 0. The molecule has 19 heavy (non-hydrogen) atoms. The zero-order valence-electron chi connectivity index (χ0n) is 11.3. The highest BCUT2D eigenvalue weighted by Crippen LogP contribution is 2.26. The van der Waals surface area contributed by atoms with Gasteiger partial charge in [-0.05, 0) is 46.5 Å². The lowest BCUT2D eigenvalue weighted by atomic mass is 10.1. The number of ether oxygens (including phenoxy) is 2. The van der Waals surface area contributed by atoms with Crippen LogP contribution >= 0.6 is 15.9 Å². The van der Waals surface area contributed by atoms with Crippen LogP contribution in [0.25, 0.3) is 0 Å². The molecular weight excluding hydrogens is 308 g/mol. The lowest BCUT2D eigenvalue weighted by molar-refractivity contribution is 0.0549. The van der Waals surface area contributed by atoms with E-state index in [2.05, 4.69) is 36.4 Å². The molecule has 0 unspecified atom stereocenters. The van der Waals surface area contributed by atoms with Gasteiger partial charge in [0, 0.05) is 0 Å². The summed E-state index contributed by atoms with van der Waals surface area (Å²) in [5.41, 5.74) is 0.491. The summed E-state index contributed by atoms with van der Waals surface area (Å²) < 4.78 is 11.4. The minimum absolute atomic E-state index is 0.211. The molecule has 0 radical (unpaired) electrons. The zero-order valence-corrected chi connectivity index (χ0v) is 12.9. The molecule has 0 aliphatic rings. The number of benzene rings is 1. The number of carbonyl (C=O) groups excluding carboxylic acids is 1. The quantitative estimate of drug-likeness (QED) is 0.556. The van der Waals surface area contributed by atoms with Crippen LogP contribution in [0.5, 0.6) is 5.75 Å². The van der Waals surface area contributed by atoms with E-state index < -0.39 is 0 Å². The average Bonchev–Trinajstić information content (AvgIpc) is 2.37. The van der Waals surface area contributed by atoms with Gasteiger partial charge in [0.25, 0.3) is 0 Å². The molecule has 0 atom stereocenters. The Balaban J connectivity index is 2.63. The van der Waals surface area contributed by atoms with Crippen molar-refractivity contribution >= 4 is 21.9 Å². The number of carbonyl (C=O) groups is 1. The largest absolute Gasteiger partial charge is 0.492 e. The molecule has 1 aromatic rings. The summed E-state index contributed by atoms with van der Waals surface area (Å²) >= 11 is 3.40. The third-order valence-electron chi connectivity index (χ3n) is 2.45. The van der Waals surface area contributed by atoms with Crippen molar-refractivity contribution in [3.05, 3.63) is 40.9 Å². The van der Waals surface area contributed by atoms with Gasteiger partial charge in [-0.15, -0.1) is 0 Å². The minimum Gasteiger partial charge on any atom is -0.492 e. The van der Waals surface area contributed by atoms with E-state index in [1.165, 1.54) is 6.08 Å². The standard InChI is InChI=1S/C15H19BrO3/c1-4-8-19-15(17)12-5-6-14(13(16)10-12)18-9-7-11(2)3/h4-6,10-11H,1,7-9H2,2-3H3. The van der Waals surface area contributed by atoms with Gasteiger partial charge in [-0.1, -0.05) is 26.5 Å². The molecule has 104 valence electrons. The fraction of sp³-hybridized carbons (Fsp3) is 0.400. The van der Waals surface area contributed by atoms with Crippen LogP contribution in [-0.2, 0) is 4.74 Å². The Bertz CT molecular complexity index is 441. The van der Waals surface area contributed by atoms with Gasteiger partial charge in [-0.3, -0.25) is 0 Å². The topological polar surface area (TPSA) is 35.5 Å². The van der Waals surface area contributed by atoms with Crippen molar-refractivity contribution in [2.24, 2.45) is 5.92 Å². The lowest BCUT2D eigenvalue weighted by Gasteiger charge is -2.10. The normalized spacial score (nSPS) is 10.3. The van der Waals surface area contributed by atoms with E-state index in [1.54, 1.807) is 18.2 Å². The van der Waals surface area contributed by atoms with Crippen LogP contribution in [0.3, 0.4) is 0 Å². The summed E-state index contributed by atoms with van der Waals surface area (Å²) in [5.74, 6) is 0.974. The number of hydrogen-bond acceptors (Lipinski definition) is 3. The van der Waals surface area contributed by atoms with Crippen LogP contribution in [0, 0.1) is 5.92 Å². The van der Waals surface area contributed by atoms with Gasteiger partial charge in [-0.25, -0.2) is 4.79 Å². The molecule has 3 nitrogen and oxygen atoms in total. The van der Waals surface area contributed by atoms with Crippen LogP contribution in [0.2, 0.25) is 0 Å². The van der Waals surface area contributed by atoms with E-state index in [4.69, 9.17) is 9.47 Å². The molecule has 0 amide bonds. The Labute approximate surface area is 122 Å². The Kier molecular flexibility index (Phi) is 6.64. The maximum absolute atomic E-state index is 11.6. The van der Waals surface area contributed by atoms with E-state index in [-0.39, 0.29) is 12.6 Å².